The highest BCUT2D eigenvalue weighted by atomic mass is 79.9. The van der Waals surface area contributed by atoms with E-state index in [2.05, 4.69) is 21.2 Å². The van der Waals surface area contributed by atoms with Gasteiger partial charge < -0.3 is 14.8 Å². The van der Waals surface area contributed by atoms with E-state index < -0.39 is 5.97 Å². The first-order chi connectivity index (χ1) is 9.92. The molecule has 0 aromatic heterocycles. The molecule has 1 atom stereocenters. The molecule has 21 heavy (non-hydrogen) atoms. The number of esters is 1. The van der Waals surface area contributed by atoms with E-state index in [1.165, 1.54) is 0 Å². The number of hydrogen-bond acceptors (Lipinski definition) is 4. The Labute approximate surface area is 137 Å². The fourth-order valence-corrected chi connectivity index (χ4v) is 2.13. The SMILES string of the molecule is CC[C@@H](C)NC(=O)COC(=O)COc1ccc(Cl)cc1Br. The van der Waals surface area contributed by atoms with Crippen molar-refractivity contribution in [1.29, 1.82) is 0 Å². The fraction of sp³-hybridized carbons (Fsp3) is 0.429. The average molecular weight is 379 g/mol. The van der Waals surface area contributed by atoms with Crippen LogP contribution in [0, 0.1) is 0 Å². The van der Waals surface area contributed by atoms with Gasteiger partial charge in [-0.2, -0.15) is 0 Å². The van der Waals surface area contributed by atoms with Crippen molar-refractivity contribution >= 4 is 39.4 Å². The summed E-state index contributed by atoms with van der Waals surface area (Å²) in [6, 6.07) is 4.99. The summed E-state index contributed by atoms with van der Waals surface area (Å²) in [4.78, 5) is 22.9. The first-order valence-corrected chi connectivity index (χ1v) is 7.62. The number of carbonyl (C=O) groups is 2. The summed E-state index contributed by atoms with van der Waals surface area (Å²) >= 11 is 9.06. The minimum Gasteiger partial charge on any atom is -0.481 e. The highest BCUT2D eigenvalue weighted by Gasteiger charge is 2.11. The zero-order valence-electron chi connectivity index (χ0n) is 11.8. The van der Waals surface area contributed by atoms with Crippen molar-refractivity contribution in [2.45, 2.75) is 26.3 Å². The largest absolute Gasteiger partial charge is 0.481 e. The van der Waals surface area contributed by atoms with Gasteiger partial charge in [0.25, 0.3) is 5.91 Å². The summed E-state index contributed by atoms with van der Waals surface area (Å²) < 4.78 is 10.7. The lowest BCUT2D eigenvalue weighted by Gasteiger charge is -2.12. The van der Waals surface area contributed by atoms with Crippen LogP contribution in [0.3, 0.4) is 0 Å². The molecule has 0 saturated heterocycles. The highest BCUT2D eigenvalue weighted by molar-refractivity contribution is 9.10. The Balaban J connectivity index is 2.32. The minimum atomic E-state index is -0.615. The lowest BCUT2D eigenvalue weighted by Crippen LogP contribution is -2.35. The molecule has 0 fully saturated rings. The van der Waals surface area contributed by atoms with Gasteiger partial charge in [0.2, 0.25) is 0 Å². The summed E-state index contributed by atoms with van der Waals surface area (Å²) in [5.74, 6) is -0.470. The predicted molar refractivity (Wildman–Crippen MR) is 83.5 cm³/mol. The van der Waals surface area contributed by atoms with Crippen molar-refractivity contribution in [3.05, 3.63) is 27.7 Å². The quantitative estimate of drug-likeness (QED) is 0.741. The van der Waals surface area contributed by atoms with Gasteiger partial charge >= 0.3 is 5.97 Å². The number of ether oxygens (including phenoxy) is 2. The average Bonchev–Trinajstić information content (AvgIpc) is 2.44. The van der Waals surface area contributed by atoms with Gasteiger partial charge in [0.15, 0.2) is 13.2 Å². The van der Waals surface area contributed by atoms with Crippen LogP contribution >= 0.6 is 27.5 Å². The van der Waals surface area contributed by atoms with Crippen LogP contribution in [-0.4, -0.2) is 31.1 Å². The molecule has 1 N–H and O–H groups in total. The van der Waals surface area contributed by atoms with Crippen molar-refractivity contribution in [1.82, 2.24) is 5.32 Å². The van der Waals surface area contributed by atoms with Gasteiger partial charge in [0.1, 0.15) is 5.75 Å². The standard InChI is InChI=1S/C14H17BrClNO4/c1-3-9(2)17-13(18)7-21-14(19)8-20-12-5-4-10(16)6-11(12)15/h4-6,9H,3,7-8H2,1-2H3,(H,17,18)/t9-/m1/s1. The van der Waals surface area contributed by atoms with E-state index in [9.17, 15) is 9.59 Å². The van der Waals surface area contributed by atoms with E-state index in [0.29, 0.717) is 15.2 Å². The number of halogens is 2. The lowest BCUT2D eigenvalue weighted by molar-refractivity contribution is -0.150. The Morgan fingerprint density at radius 2 is 2.10 bits per heavy atom. The third kappa shape index (κ3) is 6.82. The van der Waals surface area contributed by atoms with Crippen molar-refractivity contribution in [3.63, 3.8) is 0 Å². The van der Waals surface area contributed by atoms with Gasteiger partial charge in [0.05, 0.1) is 4.47 Å². The topological polar surface area (TPSA) is 64.6 Å². The molecule has 1 aromatic rings. The van der Waals surface area contributed by atoms with E-state index in [1.54, 1.807) is 18.2 Å². The van der Waals surface area contributed by atoms with Crippen LogP contribution in [0.15, 0.2) is 22.7 Å². The van der Waals surface area contributed by atoms with Gasteiger partial charge in [-0.1, -0.05) is 18.5 Å². The van der Waals surface area contributed by atoms with E-state index >= 15 is 0 Å². The Morgan fingerprint density at radius 3 is 2.71 bits per heavy atom. The lowest BCUT2D eigenvalue weighted by atomic mass is 10.2. The Bertz CT molecular complexity index is 510. The summed E-state index contributed by atoms with van der Waals surface area (Å²) in [7, 11) is 0. The van der Waals surface area contributed by atoms with Crippen molar-refractivity contribution in [2.24, 2.45) is 0 Å². The maximum absolute atomic E-state index is 11.5. The van der Waals surface area contributed by atoms with Crippen molar-refractivity contribution < 1.29 is 19.1 Å². The van der Waals surface area contributed by atoms with Crippen LogP contribution in [0.2, 0.25) is 5.02 Å². The molecule has 0 spiro atoms. The smallest absolute Gasteiger partial charge is 0.344 e. The molecule has 0 heterocycles. The van der Waals surface area contributed by atoms with Crippen LogP contribution in [0.5, 0.6) is 5.75 Å². The van der Waals surface area contributed by atoms with Crippen LogP contribution in [0.4, 0.5) is 0 Å². The number of nitrogens with one attached hydrogen (secondary N) is 1. The molecule has 0 aliphatic rings. The molecule has 0 saturated carbocycles. The van der Waals surface area contributed by atoms with Crippen molar-refractivity contribution in [3.8, 4) is 5.75 Å². The molecule has 1 aromatic carbocycles. The van der Waals surface area contributed by atoms with E-state index in [0.717, 1.165) is 6.42 Å². The van der Waals surface area contributed by atoms with E-state index in [4.69, 9.17) is 21.1 Å². The van der Waals surface area contributed by atoms with Crippen LogP contribution in [-0.2, 0) is 14.3 Å². The molecule has 0 bridgehead atoms. The maximum Gasteiger partial charge on any atom is 0.344 e. The molecular formula is C14H17BrClNO4. The van der Waals surface area contributed by atoms with E-state index in [1.807, 2.05) is 13.8 Å². The Morgan fingerprint density at radius 1 is 1.38 bits per heavy atom. The third-order valence-electron chi connectivity index (χ3n) is 2.62. The van der Waals surface area contributed by atoms with Gasteiger partial charge in [-0.3, -0.25) is 4.79 Å². The number of benzene rings is 1. The first-order valence-electron chi connectivity index (χ1n) is 6.45. The van der Waals surface area contributed by atoms with Crippen LogP contribution < -0.4 is 10.1 Å². The number of rotatable bonds is 7. The Kier molecular flexibility index (Phi) is 7.53. The molecule has 0 radical (unpaired) electrons. The molecule has 5 nitrogen and oxygen atoms in total. The second-order valence-electron chi connectivity index (χ2n) is 4.40. The monoisotopic (exact) mass is 377 g/mol. The molecule has 116 valence electrons. The summed E-state index contributed by atoms with van der Waals surface area (Å²) in [5, 5.41) is 3.25. The normalized spacial score (nSPS) is 11.6. The van der Waals surface area contributed by atoms with Gasteiger partial charge in [0, 0.05) is 11.1 Å². The molecule has 0 aliphatic carbocycles. The zero-order valence-corrected chi connectivity index (χ0v) is 14.2. The summed E-state index contributed by atoms with van der Waals surface area (Å²) in [5.41, 5.74) is 0. The van der Waals surface area contributed by atoms with Crippen LogP contribution in [0.25, 0.3) is 0 Å². The molecule has 0 unspecified atom stereocenters. The first kappa shape index (κ1) is 17.8. The van der Waals surface area contributed by atoms with E-state index in [-0.39, 0.29) is 25.2 Å². The van der Waals surface area contributed by atoms with Gasteiger partial charge in [-0.05, 0) is 47.5 Å². The molecule has 1 rings (SSSR count). The minimum absolute atomic E-state index is 0.0532. The summed E-state index contributed by atoms with van der Waals surface area (Å²) in [6.45, 7) is 3.24. The number of amides is 1. The molecule has 7 heteroatoms. The van der Waals surface area contributed by atoms with Gasteiger partial charge in [-0.25, -0.2) is 4.79 Å². The highest BCUT2D eigenvalue weighted by Crippen LogP contribution is 2.27. The van der Waals surface area contributed by atoms with Crippen LogP contribution in [0.1, 0.15) is 20.3 Å². The second-order valence-corrected chi connectivity index (χ2v) is 5.69. The molecule has 0 aliphatic heterocycles. The maximum atomic E-state index is 11.5. The summed E-state index contributed by atoms with van der Waals surface area (Å²) in [6.07, 6.45) is 0.813. The van der Waals surface area contributed by atoms with Gasteiger partial charge in [-0.15, -0.1) is 0 Å². The predicted octanol–water partition coefficient (Wildman–Crippen LogP) is 2.94. The third-order valence-corrected chi connectivity index (χ3v) is 3.48. The Hall–Kier alpha value is -1.27. The number of carbonyl (C=O) groups excluding carboxylic acids is 2. The fourth-order valence-electron chi connectivity index (χ4n) is 1.34. The molecular weight excluding hydrogens is 362 g/mol. The number of hydrogen-bond donors (Lipinski definition) is 1. The zero-order chi connectivity index (χ0) is 15.8. The second kappa shape index (κ2) is 8.89. The van der Waals surface area contributed by atoms with Crippen molar-refractivity contribution in [2.75, 3.05) is 13.2 Å². The molecule has 1 amide bonds.